The fourth-order valence-electron chi connectivity index (χ4n) is 1.08. The first kappa shape index (κ1) is 10.5. The molecule has 0 bridgehead atoms. The summed E-state index contributed by atoms with van der Waals surface area (Å²) in [5.74, 6) is -0.253. The minimum absolute atomic E-state index is 0.140. The van der Waals surface area contributed by atoms with E-state index in [1.165, 1.54) is 6.42 Å². The summed E-state index contributed by atoms with van der Waals surface area (Å²) in [5.41, 5.74) is 5.54. The van der Waals surface area contributed by atoms with Gasteiger partial charge in [-0.15, -0.1) is 0 Å². The topological polar surface area (TPSA) is 52.3 Å². The molecule has 0 saturated heterocycles. The Bertz CT molecular complexity index is 192. The number of ether oxygens (including phenoxy) is 1. The second-order valence-electron chi connectivity index (χ2n) is 4.83. The highest BCUT2D eigenvalue weighted by Crippen LogP contribution is 2.24. The molecule has 0 aromatic rings. The number of carbonyl (C=O) groups excluding carboxylic acids is 1. The SMILES string of the molecule is CC(C)(C)C(N)C(=O)OC1CCC1. The molecule has 1 saturated carbocycles. The highest BCUT2D eigenvalue weighted by Gasteiger charge is 2.31. The Morgan fingerprint density at radius 1 is 1.46 bits per heavy atom. The molecule has 1 rings (SSSR count). The van der Waals surface area contributed by atoms with Gasteiger partial charge in [0.25, 0.3) is 0 Å². The van der Waals surface area contributed by atoms with Gasteiger partial charge in [0.1, 0.15) is 12.1 Å². The lowest BCUT2D eigenvalue weighted by Crippen LogP contribution is -2.45. The lowest BCUT2D eigenvalue weighted by atomic mass is 9.87. The third-order valence-corrected chi connectivity index (χ3v) is 2.52. The Hall–Kier alpha value is -0.570. The fraction of sp³-hybridized carbons (Fsp3) is 0.900. The highest BCUT2D eigenvalue weighted by atomic mass is 16.5. The van der Waals surface area contributed by atoms with Gasteiger partial charge in [0.2, 0.25) is 0 Å². The molecule has 1 unspecified atom stereocenters. The quantitative estimate of drug-likeness (QED) is 0.662. The minimum atomic E-state index is -0.506. The van der Waals surface area contributed by atoms with Gasteiger partial charge in [-0.05, 0) is 24.7 Å². The van der Waals surface area contributed by atoms with Crippen LogP contribution in [-0.4, -0.2) is 18.1 Å². The third kappa shape index (κ3) is 2.69. The second-order valence-corrected chi connectivity index (χ2v) is 4.83. The van der Waals surface area contributed by atoms with Crippen molar-refractivity contribution >= 4 is 5.97 Å². The Morgan fingerprint density at radius 3 is 2.31 bits per heavy atom. The van der Waals surface area contributed by atoms with E-state index in [1.54, 1.807) is 0 Å². The van der Waals surface area contributed by atoms with Crippen molar-refractivity contribution < 1.29 is 9.53 Å². The molecule has 0 aliphatic heterocycles. The molecule has 0 aromatic heterocycles. The number of hydrogen-bond acceptors (Lipinski definition) is 3. The molecule has 3 heteroatoms. The van der Waals surface area contributed by atoms with Crippen LogP contribution < -0.4 is 5.73 Å². The molecule has 0 aromatic carbocycles. The second kappa shape index (κ2) is 3.66. The number of hydrogen-bond donors (Lipinski definition) is 1. The van der Waals surface area contributed by atoms with E-state index in [0.717, 1.165) is 12.8 Å². The molecular weight excluding hydrogens is 166 g/mol. The van der Waals surface area contributed by atoms with Crippen LogP contribution >= 0.6 is 0 Å². The van der Waals surface area contributed by atoms with Crippen molar-refractivity contribution in [1.29, 1.82) is 0 Å². The zero-order valence-corrected chi connectivity index (χ0v) is 8.67. The van der Waals surface area contributed by atoms with E-state index in [-0.39, 0.29) is 17.5 Å². The largest absolute Gasteiger partial charge is 0.461 e. The summed E-state index contributed by atoms with van der Waals surface area (Å²) < 4.78 is 5.21. The summed E-state index contributed by atoms with van der Waals surface area (Å²) in [6.45, 7) is 5.83. The molecule has 1 fully saturated rings. The van der Waals surface area contributed by atoms with Crippen molar-refractivity contribution in [3.8, 4) is 0 Å². The van der Waals surface area contributed by atoms with Crippen LogP contribution in [0.2, 0.25) is 0 Å². The van der Waals surface area contributed by atoms with Gasteiger partial charge in [0.15, 0.2) is 0 Å². The Kier molecular flexibility index (Phi) is 2.96. The lowest BCUT2D eigenvalue weighted by Gasteiger charge is -2.30. The van der Waals surface area contributed by atoms with E-state index in [4.69, 9.17) is 10.5 Å². The van der Waals surface area contributed by atoms with Crippen molar-refractivity contribution in [3.63, 3.8) is 0 Å². The van der Waals surface area contributed by atoms with Crippen molar-refractivity contribution in [1.82, 2.24) is 0 Å². The van der Waals surface area contributed by atoms with E-state index >= 15 is 0 Å². The fourth-order valence-corrected chi connectivity index (χ4v) is 1.08. The van der Waals surface area contributed by atoms with Crippen LogP contribution in [0.3, 0.4) is 0 Å². The molecule has 13 heavy (non-hydrogen) atoms. The summed E-state index contributed by atoms with van der Waals surface area (Å²) in [4.78, 5) is 11.4. The molecule has 1 atom stereocenters. The number of nitrogens with two attached hydrogens (primary N) is 1. The summed E-state index contributed by atoms with van der Waals surface area (Å²) in [5, 5.41) is 0. The molecule has 76 valence electrons. The first-order chi connectivity index (χ1) is 5.91. The molecule has 3 nitrogen and oxygen atoms in total. The van der Waals surface area contributed by atoms with E-state index in [9.17, 15) is 4.79 Å². The van der Waals surface area contributed by atoms with E-state index in [2.05, 4.69) is 0 Å². The summed E-state index contributed by atoms with van der Waals surface area (Å²) in [7, 11) is 0. The van der Waals surface area contributed by atoms with Crippen molar-refractivity contribution in [2.24, 2.45) is 11.1 Å². The van der Waals surface area contributed by atoms with Crippen LogP contribution in [0.4, 0.5) is 0 Å². The number of rotatable bonds is 2. The summed E-state index contributed by atoms with van der Waals surface area (Å²) in [6, 6.07) is -0.506. The number of carbonyl (C=O) groups is 1. The number of esters is 1. The Morgan fingerprint density at radius 2 is 2.00 bits per heavy atom. The van der Waals surface area contributed by atoms with Gasteiger partial charge in [0.05, 0.1) is 0 Å². The first-order valence-corrected chi connectivity index (χ1v) is 4.87. The standard InChI is InChI=1S/C10H19NO2/c1-10(2,3)8(11)9(12)13-7-5-4-6-7/h7-8H,4-6,11H2,1-3H3. The van der Waals surface area contributed by atoms with Crippen LogP contribution in [0.15, 0.2) is 0 Å². The maximum absolute atomic E-state index is 11.4. The van der Waals surface area contributed by atoms with Crippen LogP contribution in [0.1, 0.15) is 40.0 Å². The van der Waals surface area contributed by atoms with E-state index in [0.29, 0.717) is 0 Å². The van der Waals surface area contributed by atoms with Crippen LogP contribution in [0, 0.1) is 5.41 Å². The third-order valence-electron chi connectivity index (χ3n) is 2.52. The summed E-state index contributed by atoms with van der Waals surface area (Å²) >= 11 is 0. The van der Waals surface area contributed by atoms with Gasteiger partial charge in [0, 0.05) is 0 Å². The molecule has 0 heterocycles. The molecule has 1 aliphatic carbocycles. The molecule has 1 aliphatic rings. The van der Waals surface area contributed by atoms with Crippen LogP contribution in [-0.2, 0) is 9.53 Å². The smallest absolute Gasteiger partial charge is 0.323 e. The van der Waals surface area contributed by atoms with E-state index in [1.807, 2.05) is 20.8 Å². The van der Waals surface area contributed by atoms with Gasteiger partial charge < -0.3 is 10.5 Å². The normalized spacial score (nSPS) is 20.6. The predicted octanol–water partition coefficient (Wildman–Crippen LogP) is 1.46. The maximum Gasteiger partial charge on any atom is 0.323 e. The van der Waals surface area contributed by atoms with Gasteiger partial charge >= 0.3 is 5.97 Å². The first-order valence-electron chi connectivity index (χ1n) is 4.87. The van der Waals surface area contributed by atoms with Crippen LogP contribution in [0.5, 0.6) is 0 Å². The van der Waals surface area contributed by atoms with Gasteiger partial charge in [-0.25, -0.2) is 0 Å². The highest BCUT2D eigenvalue weighted by molar-refractivity contribution is 5.76. The Labute approximate surface area is 79.6 Å². The molecule has 0 spiro atoms. The molecular formula is C10H19NO2. The minimum Gasteiger partial charge on any atom is -0.461 e. The summed E-state index contributed by atoms with van der Waals surface area (Å²) in [6.07, 6.45) is 3.31. The van der Waals surface area contributed by atoms with Crippen molar-refractivity contribution in [2.45, 2.75) is 52.2 Å². The molecule has 0 amide bonds. The van der Waals surface area contributed by atoms with Gasteiger partial charge in [-0.1, -0.05) is 20.8 Å². The monoisotopic (exact) mass is 185 g/mol. The van der Waals surface area contributed by atoms with Gasteiger partial charge in [-0.3, -0.25) is 4.79 Å². The zero-order valence-electron chi connectivity index (χ0n) is 8.67. The van der Waals surface area contributed by atoms with E-state index < -0.39 is 6.04 Å². The van der Waals surface area contributed by atoms with Crippen molar-refractivity contribution in [3.05, 3.63) is 0 Å². The average molecular weight is 185 g/mol. The Balaban J connectivity index is 2.37. The molecule has 2 N–H and O–H groups in total. The van der Waals surface area contributed by atoms with Crippen LogP contribution in [0.25, 0.3) is 0 Å². The van der Waals surface area contributed by atoms with Gasteiger partial charge in [-0.2, -0.15) is 0 Å². The average Bonchev–Trinajstić information content (AvgIpc) is 1.93. The molecule has 0 radical (unpaired) electrons. The lowest BCUT2D eigenvalue weighted by molar-refractivity contribution is -0.157. The maximum atomic E-state index is 11.4. The zero-order chi connectivity index (χ0) is 10.1. The van der Waals surface area contributed by atoms with Crippen molar-refractivity contribution in [2.75, 3.05) is 0 Å². The predicted molar refractivity (Wildman–Crippen MR) is 51.2 cm³/mol.